The molecule has 30 heavy (non-hydrogen) atoms. The Morgan fingerprint density at radius 2 is 1.30 bits per heavy atom. The van der Waals surface area contributed by atoms with Crippen LogP contribution in [0.5, 0.6) is 11.5 Å². The van der Waals surface area contributed by atoms with Crippen LogP contribution in [-0.2, 0) is 9.30 Å². The first-order valence-corrected chi connectivity index (χ1v) is 12.1. The van der Waals surface area contributed by atoms with Crippen LogP contribution in [0, 0.1) is 0 Å². The third-order valence-electron chi connectivity index (χ3n) is 4.83. The van der Waals surface area contributed by atoms with Gasteiger partial charge in [0.25, 0.3) is 0 Å². The molecule has 0 heterocycles. The van der Waals surface area contributed by atoms with E-state index in [1.54, 1.807) is 7.11 Å². The van der Waals surface area contributed by atoms with Crippen LogP contribution in [0.3, 0.4) is 0 Å². The van der Waals surface area contributed by atoms with Crippen LogP contribution < -0.4 is 19.3 Å². The lowest BCUT2D eigenvalue weighted by Crippen LogP contribution is -2.16. The lowest BCUT2D eigenvalue weighted by atomic mass is 10.1. The molecule has 1 unspecified atom stereocenters. The fraction of sp³-hybridized carbons (Fsp3) is 0.478. The van der Waals surface area contributed by atoms with E-state index in [0.717, 1.165) is 48.3 Å². The van der Waals surface area contributed by atoms with Gasteiger partial charge in [-0.25, -0.2) is 0 Å². The number of methoxy groups -OCH3 is 1. The Bertz CT molecular complexity index is 769. The fourth-order valence-electron chi connectivity index (χ4n) is 2.90. The van der Waals surface area contributed by atoms with E-state index < -0.39 is 7.60 Å². The zero-order chi connectivity index (χ0) is 21.8. The molecular weight excluding hydrogens is 403 g/mol. The first kappa shape index (κ1) is 24.4. The van der Waals surface area contributed by atoms with Gasteiger partial charge in [0.2, 0.25) is 0 Å². The minimum Gasteiger partial charge on any atom is -0.811 e. The minimum absolute atomic E-state index is 0.188. The van der Waals surface area contributed by atoms with Crippen molar-refractivity contribution in [2.75, 3.05) is 26.5 Å². The summed E-state index contributed by atoms with van der Waals surface area (Å²) in [7, 11) is -2.66. The lowest BCUT2D eigenvalue weighted by Gasteiger charge is -2.29. The quantitative estimate of drug-likeness (QED) is 0.330. The van der Waals surface area contributed by atoms with Crippen molar-refractivity contribution >= 4 is 7.60 Å². The van der Waals surface area contributed by atoms with Gasteiger partial charge in [0, 0.05) is 13.5 Å². The molecule has 0 amide bonds. The molecule has 0 N–H and O–H groups in total. The highest BCUT2D eigenvalue weighted by Crippen LogP contribution is 2.26. The Labute approximate surface area is 179 Å². The van der Waals surface area contributed by atoms with Crippen molar-refractivity contribution in [1.82, 2.24) is 0 Å². The van der Waals surface area contributed by atoms with E-state index in [9.17, 15) is 14.4 Å². The summed E-state index contributed by atoms with van der Waals surface area (Å²) in [5, 5.41) is 0. The topological polar surface area (TPSA) is 90.9 Å². The number of benzene rings is 2. The van der Waals surface area contributed by atoms with Crippen molar-refractivity contribution in [3.05, 3.63) is 48.5 Å². The molecule has 0 aliphatic carbocycles. The van der Waals surface area contributed by atoms with Crippen molar-refractivity contribution in [1.29, 1.82) is 0 Å². The molecule has 0 aliphatic rings. The van der Waals surface area contributed by atoms with Gasteiger partial charge >= 0.3 is 0 Å². The highest BCUT2D eigenvalue weighted by molar-refractivity contribution is 7.48. The van der Waals surface area contributed by atoms with Gasteiger partial charge in [-0.05, 0) is 61.3 Å². The molecular formula is C23H31O6P-2. The second-order valence-corrected chi connectivity index (χ2v) is 9.00. The summed E-state index contributed by atoms with van der Waals surface area (Å²) in [4.78, 5) is 21.1. The summed E-state index contributed by atoms with van der Waals surface area (Å²) >= 11 is 0. The second-order valence-electron chi connectivity index (χ2n) is 7.33. The van der Waals surface area contributed by atoms with Crippen LogP contribution >= 0.6 is 7.60 Å². The largest absolute Gasteiger partial charge is 0.811 e. The molecule has 1 atom stereocenters. The summed E-state index contributed by atoms with van der Waals surface area (Å²) in [6.45, 7) is 3.21. The van der Waals surface area contributed by atoms with Crippen molar-refractivity contribution in [3.8, 4) is 22.6 Å². The van der Waals surface area contributed by atoms with Gasteiger partial charge in [0.1, 0.15) is 11.5 Å². The van der Waals surface area contributed by atoms with E-state index >= 15 is 0 Å². The van der Waals surface area contributed by atoms with Crippen molar-refractivity contribution < 1.29 is 28.6 Å². The van der Waals surface area contributed by atoms with Crippen LogP contribution in [0.1, 0.15) is 39.0 Å². The minimum atomic E-state index is -4.36. The molecule has 0 aliphatic heterocycles. The monoisotopic (exact) mass is 434 g/mol. The Kier molecular flexibility index (Phi) is 10.4. The van der Waals surface area contributed by atoms with Crippen molar-refractivity contribution in [3.63, 3.8) is 0 Å². The predicted octanol–water partition coefficient (Wildman–Crippen LogP) is 4.01. The summed E-state index contributed by atoms with van der Waals surface area (Å²) in [6.07, 6.45) is 3.60. The van der Waals surface area contributed by atoms with E-state index in [-0.39, 0.29) is 12.3 Å². The molecule has 0 saturated carbocycles. The normalized spacial score (nSPS) is 12.5. The van der Waals surface area contributed by atoms with Crippen LogP contribution in [-0.4, -0.2) is 32.6 Å². The van der Waals surface area contributed by atoms with E-state index in [4.69, 9.17) is 14.2 Å². The average Bonchev–Trinajstić information content (AvgIpc) is 2.73. The Morgan fingerprint density at radius 1 is 0.800 bits per heavy atom. The number of rotatable bonds is 14. The van der Waals surface area contributed by atoms with Crippen LogP contribution in [0.2, 0.25) is 0 Å². The van der Waals surface area contributed by atoms with Crippen LogP contribution in [0.25, 0.3) is 11.1 Å². The van der Waals surface area contributed by atoms with Gasteiger partial charge in [-0.2, -0.15) is 0 Å². The highest BCUT2D eigenvalue weighted by atomic mass is 31.2. The molecule has 0 saturated heterocycles. The number of ether oxygens (including phenoxy) is 3. The smallest absolute Gasteiger partial charge is 0.119 e. The molecule has 0 radical (unpaired) electrons. The lowest BCUT2D eigenvalue weighted by molar-refractivity contribution is -0.313. The average molecular weight is 434 g/mol. The number of hydrogen-bond donors (Lipinski definition) is 0. The summed E-state index contributed by atoms with van der Waals surface area (Å²) in [5.41, 5.74) is 2.20. The van der Waals surface area contributed by atoms with E-state index in [1.807, 2.05) is 55.5 Å². The highest BCUT2D eigenvalue weighted by Gasteiger charge is 2.03. The zero-order valence-electron chi connectivity index (χ0n) is 17.7. The standard InChI is InChI=1S/C23H33O6P/c1-19(27-2)15-17-29-23-13-9-21(10-14-23)20-7-11-22(12-8-20)28-16-5-3-4-6-18-30(24,25)26/h7-14,19H,3-6,15-18H2,1-2H3,(H2,24,25,26)/p-2. The first-order chi connectivity index (χ1) is 14.4. The molecule has 166 valence electrons. The van der Waals surface area contributed by atoms with Gasteiger partial charge in [-0.3, -0.25) is 0 Å². The predicted molar refractivity (Wildman–Crippen MR) is 115 cm³/mol. The van der Waals surface area contributed by atoms with E-state index in [2.05, 4.69) is 0 Å². The molecule has 6 nitrogen and oxygen atoms in total. The van der Waals surface area contributed by atoms with Crippen molar-refractivity contribution in [2.45, 2.75) is 45.1 Å². The maximum absolute atomic E-state index is 10.6. The van der Waals surface area contributed by atoms with Gasteiger partial charge < -0.3 is 28.6 Å². The zero-order valence-corrected chi connectivity index (χ0v) is 18.6. The van der Waals surface area contributed by atoms with E-state index in [1.165, 1.54) is 0 Å². The summed E-state index contributed by atoms with van der Waals surface area (Å²) in [6, 6.07) is 15.9. The first-order valence-electron chi connectivity index (χ1n) is 10.4. The molecule has 2 aromatic carbocycles. The molecule has 0 spiro atoms. The second kappa shape index (κ2) is 12.8. The maximum Gasteiger partial charge on any atom is 0.119 e. The third kappa shape index (κ3) is 9.77. The third-order valence-corrected chi connectivity index (χ3v) is 5.70. The summed E-state index contributed by atoms with van der Waals surface area (Å²) < 4.78 is 27.2. The summed E-state index contributed by atoms with van der Waals surface area (Å²) in [5.74, 6) is 1.64. The fourth-order valence-corrected chi connectivity index (χ4v) is 3.51. The van der Waals surface area contributed by atoms with Crippen LogP contribution in [0.15, 0.2) is 48.5 Å². The maximum atomic E-state index is 10.6. The molecule has 2 rings (SSSR count). The van der Waals surface area contributed by atoms with Gasteiger partial charge in [0.05, 0.1) is 19.3 Å². The Hall–Kier alpha value is -1.85. The molecule has 0 bridgehead atoms. The molecule has 2 aromatic rings. The molecule has 0 fully saturated rings. The van der Waals surface area contributed by atoms with Crippen molar-refractivity contribution in [2.24, 2.45) is 0 Å². The van der Waals surface area contributed by atoms with Gasteiger partial charge in [-0.15, -0.1) is 0 Å². The number of hydrogen-bond acceptors (Lipinski definition) is 6. The Morgan fingerprint density at radius 3 is 1.80 bits per heavy atom. The molecule has 7 heteroatoms. The van der Waals surface area contributed by atoms with Gasteiger partial charge in [0.15, 0.2) is 0 Å². The molecule has 0 aromatic heterocycles. The van der Waals surface area contributed by atoms with Gasteiger partial charge in [-0.1, -0.05) is 44.7 Å². The SMILES string of the molecule is COC(C)CCOc1ccc(-c2ccc(OCCCCCCP(=O)([O-])[O-])cc2)cc1. The van der Waals surface area contributed by atoms with Crippen LogP contribution in [0.4, 0.5) is 0 Å². The van der Waals surface area contributed by atoms with E-state index in [0.29, 0.717) is 19.6 Å². The Balaban J connectivity index is 1.70. The number of unbranched alkanes of at least 4 members (excludes halogenated alkanes) is 3.